The summed E-state index contributed by atoms with van der Waals surface area (Å²) in [7, 11) is 0. The molecule has 0 aromatic heterocycles. The molecule has 28 heavy (non-hydrogen) atoms. The Hall–Kier alpha value is -2.70. The van der Waals surface area contributed by atoms with Crippen LogP contribution >= 0.6 is 0 Å². The van der Waals surface area contributed by atoms with E-state index >= 15 is 0 Å². The molecule has 2 rings (SSSR count). The Morgan fingerprint density at radius 1 is 0.679 bits per heavy atom. The van der Waals surface area contributed by atoms with Crippen LogP contribution in [-0.4, -0.2) is 45.6 Å². The molecule has 2 aromatic carbocycles. The summed E-state index contributed by atoms with van der Waals surface area (Å²) in [6, 6.07) is 16.6. The van der Waals surface area contributed by atoms with E-state index in [2.05, 4.69) is 0 Å². The number of carbonyl (C=O) groups is 2. The standard InChI is InChI=1S/C8H18O2.2C7H6O2/c1-3-7(5-9)8(4-2)6-10;2*8-7(9)6-4-2-1-3-5-6/h7-10H,3-6H2,1-2H3;2*1-5H,(H,8,9). The van der Waals surface area contributed by atoms with Gasteiger partial charge in [-0.2, -0.15) is 0 Å². The van der Waals surface area contributed by atoms with E-state index in [1.54, 1.807) is 60.7 Å². The minimum atomic E-state index is -0.879. The summed E-state index contributed by atoms with van der Waals surface area (Å²) in [5.41, 5.74) is 0.662. The lowest BCUT2D eigenvalue weighted by Crippen LogP contribution is -2.20. The molecule has 0 saturated carbocycles. The first-order valence-electron chi connectivity index (χ1n) is 9.19. The fourth-order valence-electron chi connectivity index (χ4n) is 2.38. The normalized spacial score (nSPS) is 11.7. The van der Waals surface area contributed by atoms with Gasteiger partial charge in [-0.15, -0.1) is 0 Å². The third kappa shape index (κ3) is 10.4. The maximum absolute atomic E-state index is 10.2. The molecule has 0 radical (unpaired) electrons. The topological polar surface area (TPSA) is 115 Å². The molecule has 6 nitrogen and oxygen atoms in total. The van der Waals surface area contributed by atoms with E-state index in [9.17, 15) is 9.59 Å². The summed E-state index contributed by atoms with van der Waals surface area (Å²) >= 11 is 0. The highest BCUT2D eigenvalue weighted by atomic mass is 16.4. The molecule has 0 bridgehead atoms. The molecular formula is C22H30O6. The quantitative estimate of drug-likeness (QED) is 0.572. The Morgan fingerprint density at radius 2 is 0.964 bits per heavy atom. The van der Waals surface area contributed by atoms with E-state index in [0.717, 1.165) is 12.8 Å². The van der Waals surface area contributed by atoms with E-state index in [0.29, 0.717) is 11.1 Å². The zero-order valence-electron chi connectivity index (χ0n) is 16.4. The van der Waals surface area contributed by atoms with E-state index in [1.807, 2.05) is 13.8 Å². The monoisotopic (exact) mass is 390 g/mol. The van der Waals surface area contributed by atoms with Gasteiger partial charge in [0.25, 0.3) is 0 Å². The van der Waals surface area contributed by atoms with Crippen molar-refractivity contribution in [2.45, 2.75) is 26.7 Å². The molecular weight excluding hydrogens is 360 g/mol. The van der Waals surface area contributed by atoms with Gasteiger partial charge >= 0.3 is 11.9 Å². The second kappa shape index (κ2) is 15.4. The van der Waals surface area contributed by atoms with Crippen LogP contribution < -0.4 is 0 Å². The molecule has 0 aliphatic carbocycles. The van der Waals surface area contributed by atoms with E-state index in [4.69, 9.17) is 20.4 Å². The Labute approximate surface area is 166 Å². The number of aliphatic hydroxyl groups excluding tert-OH is 2. The van der Waals surface area contributed by atoms with E-state index in [-0.39, 0.29) is 25.0 Å². The summed E-state index contributed by atoms with van der Waals surface area (Å²) in [6.07, 6.45) is 1.91. The van der Waals surface area contributed by atoms with Crippen LogP contribution in [0.2, 0.25) is 0 Å². The number of hydrogen-bond acceptors (Lipinski definition) is 4. The minimum Gasteiger partial charge on any atom is -0.478 e. The first-order valence-corrected chi connectivity index (χ1v) is 9.19. The van der Waals surface area contributed by atoms with Crippen molar-refractivity contribution in [2.75, 3.05) is 13.2 Å². The molecule has 2 unspecified atom stereocenters. The van der Waals surface area contributed by atoms with Crippen molar-refractivity contribution in [1.82, 2.24) is 0 Å². The third-order valence-corrected chi connectivity index (χ3v) is 4.23. The van der Waals surface area contributed by atoms with Gasteiger partial charge < -0.3 is 20.4 Å². The van der Waals surface area contributed by atoms with Crippen molar-refractivity contribution >= 4 is 11.9 Å². The van der Waals surface area contributed by atoms with Crippen LogP contribution in [0.3, 0.4) is 0 Å². The summed E-state index contributed by atoms with van der Waals surface area (Å²) in [5, 5.41) is 34.5. The summed E-state index contributed by atoms with van der Waals surface area (Å²) in [6.45, 7) is 4.49. The Morgan fingerprint density at radius 3 is 1.11 bits per heavy atom. The van der Waals surface area contributed by atoms with Crippen molar-refractivity contribution < 1.29 is 30.0 Å². The smallest absolute Gasteiger partial charge is 0.335 e. The van der Waals surface area contributed by atoms with Crippen LogP contribution in [0.1, 0.15) is 47.4 Å². The maximum Gasteiger partial charge on any atom is 0.335 e. The van der Waals surface area contributed by atoms with E-state index in [1.165, 1.54) is 0 Å². The molecule has 0 aliphatic heterocycles. The zero-order valence-corrected chi connectivity index (χ0v) is 16.4. The highest BCUT2D eigenvalue weighted by molar-refractivity contribution is 5.87. The molecule has 0 saturated heterocycles. The predicted octanol–water partition coefficient (Wildman–Crippen LogP) is 3.79. The number of carboxylic acids is 2. The average Bonchev–Trinajstić information content (AvgIpc) is 2.74. The summed E-state index contributed by atoms with van der Waals surface area (Å²) < 4.78 is 0. The highest BCUT2D eigenvalue weighted by Crippen LogP contribution is 2.17. The third-order valence-electron chi connectivity index (χ3n) is 4.23. The van der Waals surface area contributed by atoms with Crippen LogP contribution in [0.25, 0.3) is 0 Å². The Bertz CT molecular complexity index is 590. The Balaban J connectivity index is 0.000000391. The first kappa shape index (κ1) is 25.3. The van der Waals surface area contributed by atoms with Gasteiger partial charge in [-0.25, -0.2) is 9.59 Å². The Kier molecular flexibility index (Phi) is 13.9. The molecule has 154 valence electrons. The van der Waals surface area contributed by atoms with Gasteiger partial charge in [-0.1, -0.05) is 63.1 Å². The fraction of sp³-hybridized carbons (Fsp3) is 0.364. The van der Waals surface area contributed by atoms with Crippen LogP contribution in [0, 0.1) is 11.8 Å². The highest BCUT2D eigenvalue weighted by Gasteiger charge is 2.15. The van der Waals surface area contributed by atoms with Gasteiger partial charge in [-0.05, 0) is 36.1 Å². The molecule has 0 heterocycles. The van der Waals surface area contributed by atoms with Gasteiger partial charge in [0, 0.05) is 13.2 Å². The number of aliphatic hydroxyl groups is 2. The van der Waals surface area contributed by atoms with Crippen LogP contribution in [0.15, 0.2) is 60.7 Å². The van der Waals surface area contributed by atoms with Crippen molar-refractivity contribution in [1.29, 1.82) is 0 Å². The maximum atomic E-state index is 10.2. The van der Waals surface area contributed by atoms with Crippen LogP contribution in [0.4, 0.5) is 0 Å². The van der Waals surface area contributed by atoms with Crippen molar-refractivity contribution in [3.8, 4) is 0 Å². The number of carboxylic acid groups (broad SMARTS) is 2. The lowest BCUT2D eigenvalue weighted by atomic mass is 9.89. The van der Waals surface area contributed by atoms with Gasteiger partial charge in [0.15, 0.2) is 0 Å². The minimum absolute atomic E-state index is 0.204. The molecule has 0 amide bonds. The van der Waals surface area contributed by atoms with Gasteiger partial charge in [0.2, 0.25) is 0 Å². The molecule has 0 spiro atoms. The van der Waals surface area contributed by atoms with Gasteiger partial charge in [-0.3, -0.25) is 0 Å². The van der Waals surface area contributed by atoms with Crippen molar-refractivity contribution in [2.24, 2.45) is 11.8 Å². The largest absolute Gasteiger partial charge is 0.478 e. The molecule has 4 N–H and O–H groups in total. The lowest BCUT2D eigenvalue weighted by molar-refractivity contribution is 0.0686. The van der Waals surface area contributed by atoms with Gasteiger partial charge in [0.05, 0.1) is 11.1 Å². The van der Waals surface area contributed by atoms with Gasteiger partial charge in [0.1, 0.15) is 0 Å². The molecule has 6 heteroatoms. The second-order valence-corrected chi connectivity index (χ2v) is 6.04. The number of benzene rings is 2. The average molecular weight is 390 g/mol. The van der Waals surface area contributed by atoms with Crippen molar-refractivity contribution in [3.63, 3.8) is 0 Å². The number of hydrogen-bond donors (Lipinski definition) is 4. The van der Waals surface area contributed by atoms with E-state index < -0.39 is 11.9 Å². The zero-order chi connectivity index (χ0) is 21.4. The second-order valence-electron chi connectivity index (χ2n) is 6.04. The molecule has 2 aromatic rings. The first-order chi connectivity index (χ1) is 13.4. The molecule has 0 fully saturated rings. The van der Waals surface area contributed by atoms with Crippen LogP contribution in [-0.2, 0) is 0 Å². The molecule has 2 atom stereocenters. The summed E-state index contributed by atoms with van der Waals surface area (Å²) in [5.74, 6) is -1.18. The van der Waals surface area contributed by atoms with Crippen LogP contribution in [0.5, 0.6) is 0 Å². The number of rotatable bonds is 7. The SMILES string of the molecule is CCC(CO)C(CC)CO.O=C(O)c1ccccc1.O=C(O)c1ccccc1. The number of aromatic carboxylic acids is 2. The molecule has 0 aliphatic rings. The van der Waals surface area contributed by atoms with Crippen molar-refractivity contribution in [3.05, 3.63) is 71.8 Å². The fourth-order valence-corrected chi connectivity index (χ4v) is 2.38. The predicted molar refractivity (Wildman–Crippen MR) is 109 cm³/mol. The summed E-state index contributed by atoms with van der Waals surface area (Å²) in [4.78, 5) is 20.4. The lowest BCUT2D eigenvalue weighted by Gasteiger charge is -2.20.